The fourth-order valence-corrected chi connectivity index (χ4v) is 3.01. The molecule has 0 saturated carbocycles. The monoisotopic (exact) mass is 370 g/mol. The first-order valence-corrected chi connectivity index (χ1v) is 8.92. The Morgan fingerprint density at radius 1 is 0.893 bits per heavy atom. The molecule has 1 amide bonds. The third kappa shape index (κ3) is 3.81. The molecule has 0 N–H and O–H groups in total. The molecule has 4 rings (SSSR count). The highest BCUT2D eigenvalue weighted by molar-refractivity contribution is 5.79. The number of nitrogens with zero attached hydrogens (tertiary/aromatic N) is 4. The lowest BCUT2D eigenvalue weighted by Crippen LogP contribution is -2.27. The molecule has 6 heteroatoms. The molecule has 0 fully saturated rings. The molecule has 4 aromatic rings. The number of rotatable bonds is 4. The minimum absolute atomic E-state index is 0.156. The van der Waals surface area contributed by atoms with Crippen LogP contribution in [-0.4, -0.2) is 20.0 Å². The summed E-state index contributed by atoms with van der Waals surface area (Å²) < 4.78 is 3.19. The predicted octanol–water partition coefficient (Wildman–Crippen LogP) is 2.37. The first-order chi connectivity index (χ1) is 13.7. The lowest BCUT2D eigenvalue weighted by Gasteiger charge is -2.08. The van der Waals surface area contributed by atoms with Gasteiger partial charge in [0, 0.05) is 12.7 Å². The summed E-state index contributed by atoms with van der Waals surface area (Å²) in [6.45, 7) is 0.447. The summed E-state index contributed by atoms with van der Waals surface area (Å²) in [5, 5.41) is 0.483. The highest BCUT2D eigenvalue weighted by atomic mass is 16.2. The lowest BCUT2D eigenvalue weighted by molar-refractivity contribution is -0.118. The van der Waals surface area contributed by atoms with Crippen LogP contribution in [0.4, 0.5) is 0 Å². The van der Waals surface area contributed by atoms with Crippen molar-refractivity contribution in [1.82, 2.24) is 14.1 Å². The molecule has 2 heterocycles. The van der Waals surface area contributed by atoms with Gasteiger partial charge in [-0.05, 0) is 29.8 Å². The van der Waals surface area contributed by atoms with Crippen molar-refractivity contribution in [1.29, 1.82) is 0 Å². The van der Waals surface area contributed by atoms with Gasteiger partial charge in [-0.3, -0.25) is 14.2 Å². The Kier molecular flexibility index (Phi) is 4.93. The zero-order chi connectivity index (χ0) is 19.3. The summed E-state index contributed by atoms with van der Waals surface area (Å²) in [6.07, 6.45) is 3.27. The number of carbonyl (C=O) groups is 1. The Balaban J connectivity index is 1.63. The minimum Gasteiger partial charge on any atom is -0.328 e. The van der Waals surface area contributed by atoms with Gasteiger partial charge in [-0.25, -0.2) is 4.98 Å². The number of hydrogen-bond acceptors (Lipinski definition) is 3. The predicted molar refractivity (Wildman–Crippen MR) is 107 cm³/mol. The number of pyridine rings is 1. The second kappa shape index (κ2) is 7.84. The van der Waals surface area contributed by atoms with Crippen LogP contribution >= 0.6 is 0 Å². The van der Waals surface area contributed by atoms with E-state index in [0.717, 1.165) is 5.56 Å². The molecule has 0 aliphatic heterocycles. The van der Waals surface area contributed by atoms with Crippen LogP contribution in [-0.2, 0) is 17.9 Å². The van der Waals surface area contributed by atoms with E-state index >= 15 is 0 Å². The molecule has 28 heavy (non-hydrogen) atoms. The maximum Gasteiger partial charge on any atom is 0.267 e. The second-order valence-electron chi connectivity index (χ2n) is 6.37. The quantitative estimate of drug-likeness (QED) is 0.554. The topological polar surface area (TPSA) is 69.2 Å². The fourth-order valence-electron chi connectivity index (χ4n) is 3.01. The molecule has 0 spiro atoms. The van der Waals surface area contributed by atoms with Gasteiger partial charge in [0.25, 0.3) is 11.5 Å². The zero-order valence-electron chi connectivity index (χ0n) is 15.1. The van der Waals surface area contributed by atoms with Gasteiger partial charge < -0.3 is 4.57 Å². The van der Waals surface area contributed by atoms with Crippen LogP contribution < -0.4 is 11.0 Å². The number of aromatic nitrogens is 3. The highest BCUT2D eigenvalue weighted by Crippen LogP contribution is 2.04. The van der Waals surface area contributed by atoms with E-state index in [1.165, 1.54) is 10.9 Å². The van der Waals surface area contributed by atoms with Crippen molar-refractivity contribution < 1.29 is 4.79 Å². The molecular formula is C22H18N4O2. The van der Waals surface area contributed by atoms with Crippen LogP contribution in [0.3, 0.4) is 0 Å². The first kappa shape index (κ1) is 17.6. The van der Waals surface area contributed by atoms with E-state index in [4.69, 9.17) is 0 Å². The van der Waals surface area contributed by atoms with Crippen molar-refractivity contribution in [3.05, 3.63) is 107 Å². The van der Waals surface area contributed by atoms with Gasteiger partial charge in [-0.1, -0.05) is 48.5 Å². The fraction of sp³-hybridized carbons (Fsp3) is 0.0909. The first-order valence-electron chi connectivity index (χ1n) is 8.92. The Morgan fingerprint density at radius 2 is 1.64 bits per heavy atom. The zero-order valence-corrected chi connectivity index (χ0v) is 15.1. The molecule has 0 saturated heterocycles. The van der Waals surface area contributed by atoms with E-state index in [9.17, 15) is 9.59 Å². The molecule has 0 atom stereocenters. The lowest BCUT2D eigenvalue weighted by atomic mass is 10.2. The number of fused-ring (bicyclic) bond motifs is 1. The summed E-state index contributed by atoms with van der Waals surface area (Å²) in [7, 11) is 0. The summed E-state index contributed by atoms with van der Waals surface area (Å²) in [5.41, 5.74) is 2.01. The van der Waals surface area contributed by atoms with E-state index in [1.807, 2.05) is 59.3 Å². The Labute approximate surface area is 161 Å². The molecule has 0 aliphatic rings. The SMILES string of the molecule is O=C(Cn1cnc2ccccc2c1=O)N=c1ccccn1Cc1ccccc1. The van der Waals surface area contributed by atoms with Crippen LogP contribution in [0.5, 0.6) is 0 Å². The molecule has 0 aliphatic carbocycles. The molecule has 138 valence electrons. The molecule has 0 radical (unpaired) electrons. The van der Waals surface area contributed by atoms with Gasteiger partial charge in [-0.15, -0.1) is 0 Å². The van der Waals surface area contributed by atoms with Crippen molar-refractivity contribution in [3.8, 4) is 0 Å². The van der Waals surface area contributed by atoms with Crippen LogP contribution in [0.15, 0.2) is 95.1 Å². The van der Waals surface area contributed by atoms with Gasteiger partial charge >= 0.3 is 0 Å². The summed E-state index contributed by atoms with van der Waals surface area (Å²) in [6, 6.07) is 22.5. The summed E-state index contributed by atoms with van der Waals surface area (Å²) in [5.74, 6) is -0.410. The minimum atomic E-state index is -0.410. The average Bonchev–Trinajstić information content (AvgIpc) is 2.72. The van der Waals surface area contributed by atoms with E-state index in [2.05, 4.69) is 9.98 Å². The third-order valence-corrected chi connectivity index (χ3v) is 4.39. The number of benzene rings is 2. The Bertz CT molecular complexity index is 1260. The normalized spacial score (nSPS) is 11.6. The van der Waals surface area contributed by atoms with Gasteiger partial charge in [0.2, 0.25) is 0 Å². The molecule has 2 aromatic heterocycles. The summed E-state index contributed by atoms with van der Waals surface area (Å²) in [4.78, 5) is 33.5. The standard InChI is InChI=1S/C22H18N4O2/c27-21(15-26-16-23-19-11-5-4-10-18(19)22(26)28)24-20-12-6-7-13-25(20)14-17-8-2-1-3-9-17/h1-13,16H,14-15H2. The molecule has 2 aromatic carbocycles. The molecular weight excluding hydrogens is 352 g/mol. The number of carbonyl (C=O) groups excluding carboxylic acids is 1. The second-order valence-corrected chi connectivity index (χ2v) is 6.37. The van der Waals surface area contributed by atoms with Crippen LogP contribution in [0.2, 0.25) is 0 Å². The van der Waals surface area contributed by atoms with Crippen LogP contribution in [0, 0.1) is 0 Å². The van der Waals surface area contributed by atoms with Gasteiger partial charge in [0.05, 0.1) is 17.2 Å². The number of para-hydroxylation sites is 1. The molecule has 0 unspecified atom stereocenters. The van der Waals surface area contributed by atoms with Crippen molar-refractivity contribution in [2.24, 2.45) is 4.99 Å². The van der Waals surface area contributed by atoms with Crippen LogP contribution in [0.1, 0.15) is 5.56 Å². The van der Waals surface area contributed by atoms with Crippen molar-refractivity contribution in [3.63, 3.8) is 0 Å². The van der Waals surface area contributed by atoms with Crippen molar-refractivity contribution in [2.45, 2.75) is 13.1 Å². The highest BCUT2D eigenvalue weighted by Gasteiger charge is 2.07. The Morgan fingerprint density at radius 3 is 2.50 bits per heavy atom. The van der Waals surface area contributed by atoms with E-state index < -0.39 is 5.91 Å². The third-order valence-electron chi connectivity index (χ3n) is 4.39. The largest absolute Gasteiger partial charge is 0.328 e. The van der Waals surface area contributed by atoms with Crippen molar-refractivity contribution in [2.75, 3.05) is 0 Å². The maximum atomic E-state index is 12.5. The van der Waals surface area contributed by atoms with E-state index in [1.54, 1.807) is 24.3 Å². The summed E-state index contributed by atoms with van der Waals surface area (Å²) >= 11 is 0. The van der Waals surface area contributed by atoms with E-state index in [-0.39, 0.29) is 12.1 Å². The van der Waals surface area contributed by atoms with E-state index in [0.29, 0.717) is 22.9 Å². The van der Waals surface area contributed by atoms with Gasteiger partial charge in [-0.2, -0.15) is 4.99 Å². The van der Waals surface area contributed by atoms with Gasteiger partial charge in [0.15, 0.2) is 0 Å². The Hall–Kier alpha value is -3.80. The molecule has 0 bridgehead atoms. The smallest absolute Gasteiger partial charge is 0.267 e. The van der Waals surface area contributed by atoms with Gasteiger partial charge in [0.1, 0.15) is 12.0 Å². The number of amides is 1. The maximum absolute atomic E-state index is 12.5. The molecule has 6 nitrogen and oxygen atoms in total. The number of hydrogen-bond donors (Lipinski definition) is 0. The van der Waals surface area contributed by atoms with Crippen molar-refractivity contribution >= 4 is 16.8 Å². The average molecular weight is 370 g/mol. The van der Waals surface area contributed by atoms with Crippen LogP contribution in [0.25, 0.3) is 10.9 Å².